The molecule has 1 aromatic carbocycles. The second-order valence-corrected chi connectivity index (χ2v) is 4.63. The number of halogens is 1. The molecule has 5 heteroatoms. The molecule has 100 valence electrons. The van der Waals surface area contributed by atoms with Gasteiger partial charge in [-0.05, 0) is 26.0 Å². The highest BCUT2D eigenvalue weighted by Crippen LogP contribution is 2.18. The van der Waals surface area contributed by atoms with Crippen molar-refractivity contribution in [3.05, 3.63) is 35.6 Å². The fourth-order valence-electron chi connectivity index (χ4n) is 1.64. The molecule has 0 saturated heterocycles. The van der Waals surface area contributed by atoms with E-state index >= 15 is 0 Å². The monoisotopic (exact) mass is 255 g/mol. The maximum absolute atomic E-state index is 13.6. The fraction of sp³-hybridized carbons (Fsp3) is 0.462. The lowest BCUT2D eigenvalue weighted by atomic mass is 10.0. The Bertz CT molecular complexity index is 420. The second-order valence-electron chi connectivity index (χ2n) is 4.63. The molecular weight excluding hydrogens is 237 g/mol. The summed E-state index contributed by atoms with van der Waals surface area (Å²) in [6.07, 6.45) is 0. The van der Waals surface area contributed by atoms with E-state index in [4.69, 9.17) is 5.11 Å². The van der Waals surface area contributed by atoms with E-state index in [9.17, 15) is 14.3 Å². The molecule has 2 N–H and O–H groups in total. The average molecular weight is 255 g/mol. The van der Waals surface area contributed by atoms with E-state index in [1.165, 1.54) is 23.1 Å². The Hall–Kier alpha value is -1.46. The molecule has 0 aliphatic carbocycles. The molecule has 0 bridgehead atoms. The topological polar surface area (TPSA) is 60.8 Å². The van der Waals surface area contributed by atoms with Gasteiger partial charge in [-0.15, -0.1) is 0 Å². The minimum Gasteiger partial charge on any atom is -0.395 e. The molecule has 18 heavy (non-hydrogen) atoms. The van der Waals surface area contributed by atoms with Gasteiger partial charge in [-0.3, -0.25) is 4.79 Å². The van der Waals surface area contributed by atoms with Crippen LogP contribution in [0.2, 0.25) is 0 Å². The number of amides is 1. The molecule has 0 aliphatic heterocycles. The van der Waals surface area contributed by atoms with Gasteiger partial charge in [0.1, 0.15) is 5.82 Å². The van der Waals surface area contributed by atoms with Gasteiger partial charge >= 0.3 is 0 Å². The molecule has 0 heterocycles. The van der Waals surface area contributed by atoms with E-state index in [1.54, 1.807) is 19.9 Å². The number of aliphatic hydroxyl groups is 2. The highest BCUT2D eigenvalue weighted by Gasteiger charge is 2.31. The molecule has 1 aromatic rings. The van der Waals surface area contributed by atoms with Crippen LogP contribution in [0.5, 0.6) is 0 Å². The Morgan fingerprint density at radius 2 is 1.94 bits per heavy atom. The number of hydrogen-bond acceptors (Lipinski definition) is 3. The Morgan fingerprint density at radius 3 is 2.44 bits per heavy atom. The summed E-state index contributed by atoms with van der Waals surface area (Å²) < 4.78 is 13.6. The van der Waals surface area contributed by atoms with Gasteiger partial charge in [0, 0.05) is 6.54 Å². The zero-order valence-corrected chi connectivity index (χ0v) is 10.6. The van der Waals surface area contributed by atoms with Crippen molar-refractivity contribution in [1.29, 1.82) is 0 Å². The molecule has 0 saturated carbocycles. The third-order valence-electron chi connectivity index (χ3n) is 2.79. The predicted molar refractivity (Wildman–Crippen MR) is 65.7 cm³/mol. The predicted octanol–water partition coefficient (Wildman–Crippen LogP) is 1.03. The van der Waals surface area contributed by atoms with Crippen LogP contribution in [0.4, 0.5) is 4.39 Å². The first-order valence-electron chi connectivity index (χ1n) is 5.72. The minimum atomic E-state index is -0.859. The van der Waals surface area contributed by atoms with Crippen LogP contribution in [0.1, 0.15) is 24.2 Å². The smallest absolute Gasteiger partial charge is 0.257 e. The van der Waals surface area contributed by atoms with Crippen molar-refractivity contribution < 1.29 is 19.4 Å². The fourth-order valence-corrected chi connectivity index (χ4v) is 1.64. The summed E-state index contributed by atoms with van der Waals surface area (Å²) in [6.45, 7) is 2.83. The van der Waals surface area contributed by atoms with Crippen molar-refractivity contribution in [3.8, 4) is 0 Å². The van der Waals surface area contributed by atoms with E-state index in [1.807, 2.05) is 0 Å². The van der Waals surface area contributed by atoms with Crippen molar-refractivity contribution in [3.63, 3.8) is 0 Å². The van der Waals surface area contributed by atoms with Crippen molar-refractivity contribution in [1.82, 2.24) is 4.90 Å². The highest BCUT2D eigenvalue weighted by atomic mass is 19.1. The van der Waals surface area contributed by atoms with Crippen molar-refractivity contribution >= 4 is 5.91 Å². The molecule has 0 spiro atoms. The number of hydrogen-bond donors (Lipinski definition) is 2. The molecule has 0 aromatic heterocycles. The van der Waals surface area contributed by atoms with Crippen LogP contribution >= 0.6 is 0 Å². The van der Waals surface area contributed by atoms with E-state index < -0.39 is 17.3 Å². The van der Waals surface area contributed by atoms with E-state index in [0.29, 0.717) is 0 Å². The minimum absolute atomic E-state index is 0.0424. The quantitative estimate of drug-likeness (QED) is 0.826. The number of β-amino-alcohol motifs (C(OH)–C–C–N with tert-alkyl or cyclic N) is 1. The van der Waals surface area contributed by atoms with Gasteiger partial charge in [0.15, 0.2) is 0 Å². The lowest BCUT2D eigenvalue weighted by Gasteiger charge is -2.37. The van der Waals surface area contributed by atoms with Gasteiger partial charge in [-0.2, -0.15) is 0 Å². The molecule has 0 radical (unpaired) electrons. The van der Waals surface area contributed by atoms with Gasteiger partial charge in [-0.1, -0.05) is 12.1 Å². The second kappa shape index (κ2) is 5.93. The zero-order valence-electron chi connectivity index (χ0n) is 10.6. The number of nitrogens with zero attached hydrogens (tertiary/aromatic N) is 1. The van der Waals surface area contributed by atoms with E-state index in [0.717, 1.165) is 0 Å². The van der Waals surface area contributed by atoms with Crippen LogP contribution < -0.4 is 0 Å². The molecule has 1 amide bonds. The SMILES string of the molecule is CC(C)(CO)N(CCO)C(=O)c1ccccc1F. The first-order valence-corrected chi connectivity index (χ1v) is 5.72. The maximum Gasteiger partial charge on any atom is 0.257 e. The van der Waals surface area contributed by atoms with E-state index in [-0.39, 0.29) is 25.3 Å². The van der Waals surface area contributed by atoms with Gasteiger partial charge in [0.05, 0.1) is 24.3 Å². The summed E-state index contributed by atoms with van der Waals surface area (Å²) in [5.74, 6) is -1.15. The summed E-state index contributed by atoms with van der Waals surface area (Å²) in [5, 5.41) is 18.3. The molecule has 1 rings (SSSR count). The van der Waals surface area contributed by atoms with Crippen molar-refractivity contribution in [2.45, 2.75) is 19.4 Å². The Balaban J connectivity index is 3.08. The molecule has 0 unspecified atom stereocenters. The molecule has 0 atom stereocenters. The lowest BCUT2D eigenvalue weighted by molar-refractivity contribution is 0.0304. The average Bonchev–Trinajstić information content (AvgIpc) is 2.35. The molecule has 0 fully saturated rings. The summed E-state index contributed by atoms with van der Waals surface area (Å²) in [6, 6.07) is 5.66. The first-order chi connectivity index (χ1) is 8.44. The molecule has 0 aliphatic rings. The largest absolute Gasteiger partial charge is 0.395 e. The van der Waals surface area contributed by atoms with Gasteiger partial charge in [-0.25, -0.2) is 4.39 Å². The highest BCUT2D eigenvalue weighted by molar-refractivity contribution is 5.95. The Morgan fingerprint density at radius 1 is 1.33 bits per heavy atom. The Labute approximate surface area is 106 Å². The normalized spacial score (nSPS) is 11.4. The van der Waals surface area contributed by atoms with Crippen LogP contribution in [-0.2, 0) is 0 Å². The van der Waals surface area contributed by atoms with Crippen LogP contribution in [0.25, 0.3) is 0 Å². The maximum atomic E-state index is 13.6. The lowest BCUT2D eigenvalue weighted by Crippen LogP contribution is -2.51. The Kier molecular flexibility index (Phi) is 4.81. The number of aliphatic hydroxyl groups excluding tert-OH is 2. The van der Waals surface area contributed by atoms with Crippen molar-refractivity contribution in [2.75, 3.05) is 19.8 Å². The van der Waals surface area contributed by atoms with Gasteiger partial charge in [0.2, 0.25) is 0 Å². The number of carbonyl (C=O) groups excluding carboxylic acids is 1. The van der Waals surface area contributed by atoms with Gasteiger partial charge < -0.3 is 15.1 Å². The molecular formula is C13H18FNO3. The van der Waals surface area contributed by atoms with E-state index in [2.05, 4.69) is 0 Å². The molecule has 4 nitrogen and oxygen atoms in total. The number of rotatable bonds is 5. The van der Waals surface area contributed by atoms with Gasteiger partial charge in [0.25, 0.3) is 5.91 Å². The first kappa shape index (κ1) is 14.6. The number of carbonyl (C=O) groups is 1. The summed E-state index contributed by atoms with van der Waals surface area (Å²) in [5.41, 5.74) is -0.922. The van der Waals surface area contributed by atoms with Crippen LogP contribution in [0.15, 0.2) is 24.3 Å². The third-order valence-corrected chi connectivity index (χ3v) is 2.79. The zero-order chi connectivity index (χ0) is 13.8. The van der Waals surface area contributed by atoms with Crippen LogP contribution in [0, 0.1) is 5.82 Å². The third kappa shape index (κ3) is 3.05. The summed E-state index contributed by atoms with van der Waals surface area (Å²) >= 11 is 0. The standard InChI is InChI=1S/C13H18FNO3/c1-13(2,9-17)15(7-8-16)12(18)10-5-3-4-6-11(10)14/h3-6,16-17H,7-9H2,1-2H3. The summed E-state index contributed by atoms with van der Waals surface area (Å²) in [4.78, 5) is 13.5. The summed E-state index contributed by atoms with van der Waals surface area (Å²) in [7, 11) is 0. The van der Waals surface area contributed by atoms with Crippen LogP contribution in [-0.4, -0.2) is 46.3 Å². The van der Waals surface area contributed by atoms with Crippen LogP contribution in [0.3, 0.4) is 0 Å². The van der Waals surface area contributed by atoms with Crippen molar-refractivity contribution in [2.24, 2.45) is 0 Å². The number of benzene rings is 1.